The van der Waals surface area contributed by atoms with E-state index < -0.39 is 0 Å². The molecule has 2 heterocycles. The fraction of sp³-hybridized carbons (Fsp3) is 0.750. The first kappa shape index (κ1) is 24.4. The monoisotopic (exact) mass is 428 g/mol. The Morgan fingerprint density at radius 1 is 0.950 bits per heavy atom. The van der Waals surface area contributed by atoms with Crippen molar-refractivity contribution < 1.29 is 65.4 Å². The first-order chi connectivity index (χ1) is 8.26. The van der Waals surface area contributed by atoms with Crippen LogP contribution in [0.15, 0.2) is 0 Å². The molecule has 0 saturated carbocycles. The summed E-state index contributed by atoms with van der Waals surface area (Å²) in [5, 5.41) is 0. The molecule has 2 aliphatic heterocycles. The van der Waals surface area contributed by atoms with Crippen LogP contribution in [0.1, 0.15) is 25.7 Å². The van der Waals surface area contributed by atoms with Crippen LogP contribution < -0.4 is 0 Å². The van der Waals surface area contributed by atoms with E-state index in [0.717, 1.165) is 26.1 Å². The normalized spacial score (nSPS) is 24.3. The average Bonchev–Trinajstić information content (AvgIpc) is 2.14. The second-order valence-corrected chi connectivity index (χ2v) is 6.62. The fourth-order valence-electron chi connectivity index (χ4n) is 3.09. The molecule has 4 heteroatoms. The maximum atomic E-state index is 4.13. The van der Waals surface area contributed by atoms with Crippen molar-refractivity contribution in [3.05, 3.63) is 27.7 Å². The third kappa shape index (κ3) is 9.31. The number of piperidine rings is 1. The molecule has 0 unspecified atom stereocenters. The van der Waals surface area contributed by atoms with Crippen molar-refractivity contribution in [2.24, 2.45) is 10.8 Å². The van der Waals surface area contributed by atoms with E-state index in [9.17, 15) is 0 Å². The summed E-state index contributed by atoms with van der Waals surface area (Å²) in [5.41, 5.74) is 0.434. The molecule has 2 saturated heterocycles. The molecule has 2 rings (SSSR count). The van der Waals surface area contributed by atoms with Crippen LogP contribution in [-0.2, 0) is 65.4 Å². The number of hydrogen-bond acceptors (Lipinski definition) is 2. The van der Waals surface area contributed by atoms with Crippen LogP contribution in [0.3, 0.4) is 0 Å². The van der Waals surface area contributed by atoms with Crippen LogP contribution >= 0.6 is 0 Å². The molecule has 0 aromatic carbocycles. The zero-order chi connectivity index (χ0) is 13.8. The van der Waals surface area contributed by atoms with Gasteiger partial charge in [-0.1, -0.05) is 13.0 Å². The van der Waals surface area contributed by atoms with E-state index in [1.807, 2.05) is 0 Å². The Bertz CT molecular complexity index is 240. The van der Waals surface area contributed by atoms with E-state index in [0.29, 0.717) is 5.41 Å². The zero-order valence-corrected chi connectivity index (χ0v) is 19.2. The van der Waals surface area contributed by atoms with Crippen molar-refractivity contribution in [2.45, 2.75) is 25.7 Å². The summed E-state index contributed by atoms with van der Waals surface area (Å²) in [6, 6.07) is 0. The molecule has 0 bridgehead atoms. The molecule has 114 valence electrons. The predicted molar refractivity (Wildman–Crippen MR) is 79.8 cm³/mol. The first-order valence-corrected chi connectivity index (χ1v) is 6.99. The minimum absolute atomic E-state index is 0. The third-order valence-electron chi connectivity index (χ3n) is 3.77. The Kier molecular flexibility index (Phi) is 13.2. The van der Waals surface area contributed by atoms with Crippen LogP contribution in [0.5, 0.6) is 0 Å². The smallest absolute Gasteiger partial charge is 0 e. The van der Waals surface area contributed by atoms with Crippen LogP contribution in [0.2, 0.25) is 0 Å². The van der Waals surface area contributed by atoms with Crippen molar-refractivity contribution in [3.8, 4) is 0 Å². The summed E-state index contributed by atoms with van der Waals surface area (Å²) in [4.78, 5) is 4.59. The van der Waals surface area contributed by atoms with Gasteiger partial charge in [-0.3, -0.25) is 5.41 Å². The summed E-state index contributed by atoms with van der Waals surface area (Å²) in [6.45, 7) is 20.6. The predicted octanol–water partition coefficient (Wildman–Crippen LogP) is 2.73. The number of nitrogens with zero attached hydrogens (tertiary/aromatic N) is 2. The van der Waals surface area contributed by atoms with Crippen LogP contribution in [-0.4, -0.2) is 50.1 Å². The first-order valence-electron chi connectivity index (χ1n) is 6.99. The largest absolute Gasteiger partial charge is 0.365 e. The molecule has 0 atom stereocenters. The summed E-state index contributed by atoms with van der Waals surface area (Å²) < 4.78 is 0. The molecule has 2 nitrogen and oxygen atoms in total. The van der Waals surface area contributed by atoms with E-state index in [4.69, 9.17) is 0 Å². The summed E-state index contributed by atoms with van der Waals surface area (Å²) >= 11 is 0. The van der Waals surface area contributed by atoms with Crippen LogP contribution in [0.25, 0.3) is 0 Å². The second-order valence-electron chi connectivity index (χ2n) is 6.62. The van der Waals surface area contributed by atoms with Crippen molar-refractivity contribution in [2.75, 3.05) is 40.3 Å². The minimum atomic E-state index is 0. The number of hydrogen-bond donors (Lipinski definition) is 0. The topological polar surface area (TPSA) is 6.48 Å². The Morgan fingerprint density at radius 2 is 1.50 bits per heavy atom. The van der Waals surface area contributed by atoms with E-state index in [2.05, 4.69) is 51.6 Å². The van der Waals surface area contributed by atoms with E-state index in [1.165, 1.54) is 25.8 Å². The molecule has 2 radical (unpaired) electrons. The summed E-state index contributed by atoms with van der Waals surface area (Å²) in [6.07, 6.45) is 4.63. The molecule has 2 fully saturated rings. The molecule has 0 amide bonds. The van der Waals surface area contributed by atoms with Crippen molar-refractivity contribution in [3.63, 3.8) is 0 Å². The molecule has 0 aromatic heterocycles. The summed E-state index contributed by atoms with van der Waals surface area (Å²) in [7, 11) is 4.26. The van der Waals surface area contributed by atoms with Gasteiger partial charge in [-0.2, -0.15) is 6.42 Å². The SMILES string of the molecule is [CH2-]C1([CH2-])CCCN(C)C1.[CH2-]CCC1([CH2-])CN(C)C1.[Y].[Y]. The maximum absolute atomic E-state index is 4.13. The molecule has 0 aromatic rings. The second kappa shape index (κ2) is 10.8. The molecule has 20 heavy (non-hydrogen) atoms. The molecule has 2 aliphatic rings. The third-order valence-corrected chi connectivity index (χ3v) is 3.77. The Labute approximate surface area is 177 Å². The van der Waals surface area contributed by atoms with Gasteiger partial charge in [0.1, 0.15) is 0 Å². The number of rotatable bonds is 2. The molecule has 0 aliphatic carbocycles. The van der Waals surface area contributed by atoms with Gasteiger partial charge in [0.25, 0.3) is 0 Å². The standard InChI is InChI=1S/2C8H15N.2Y/c1-8(2)5-4-6-9(3)7-8;1-4-5-8(2)6-9(3)7-8;;/h2*1-2,4-7H2,3H3;;/q2*-2;;. The van der Waals surface area contributed by atoms with Gasteiger partial charge in [-0.05, 0) is 40.2 Å². The summed E-state index contributed by atoms with van der Waals surface area (Å²) in [5.74, 6) is 0. The van der Waals surface area contributed by atoms with E-state index in [1.54, 1.807) is 0 Å². The molecular weight excluding hydrogens is 398 g/mol. The van der Waals surface area contributed by atoms with E-state index in [-0.39, 0.29) is 70.8 Å². The Balaban J connectivity index is 0. The molecule has 0 spiro atoms. The number of likely N-dealkylation sites (tertiary alicyclic amines) is 2. The van der Waals surface area contributed by atoms with Gasteiger partial charge in [-0.15, -0.1) is 11.8 Å². The van der Waals surface area contributed by atoms with Crippen LogP contribution in [0.4, 0.5) is 0 Å². The molecule has 0 N–H and O–H groups in total. The minimum Gasteiger partial charge on any atom is -0.365 e. The Morgan fingerprint density at radius 3 is 1.80 bits per heavy atom. The van der Waals surface area contributed by atoms with Crippen molar-refractivity contribution in [1.82, 2.24) is 9.80 Å². The van der Waals surface area contributed by atoms with E-state index >= 15 is 0 Å². The maximum Gasteiger partial charge on any atom is 0 e. The van der Waals surface area contributed by atoms with Gasteiger partial charge < -0.3 is 37.5 Å². The van der Waals surface area contributed by atoms with Gasteiger partial charge in [0.2, 0.25) is 0 Å². The van der Waals surface area contributed by atoms with Gasteiger partial charge in [0.15, 0.2) is 0 Å². The van der Waals surface area contributed by atoms with Gasteiger partial charge in [-0.25, -0.2) is 0 Å². The molecular formula is C16H30N2Y2-4. The Hall–Kier alpha value is 2.13. The average molecular weight is 428 g/mol. The van der Waals surface area contributed by atoms with Crippen molar-refractivity contribution >= 4 is 0 Å². The van der Waals surface area contributed by atoms with Gasteiger partial charge in [0, 0.05) is 65.4 Å². The van der Waals surface area contributed by atoms with Gasteiger partial charge >= 0.3 is 0 Å². The fourth-order valence-corrected chi connectivity index (χ4v) is 3.09. The van der Waals surface area contributed by atoms with Crippen LogP contribution in [0, 0.1) is 38.5 Å². The zero-order valence-electron chi connectivity index (χ0n) is 13.5. The van der Waals surface area contributed by atoms with Gasteiger partial charge in [0.05, 0.1) is 0 Å². The quantitative estimate of drug-likeness (QED) is 0.625. The van der Waals surface area contributed by atoms with Crippen molar-refractivity contribution in [1.29, 1.82) is 0 Å².